The second kappa shape index (κ2) is 11.2. The Hall–Kier alpha value is -3.03. The summed E-state index contributed by atoms with van der Waals surface area (Å²) in [6.45, 7) is 6.82. The van der Waals surface area contributed by atoms with Crippen molar-refractivity contribution in [2.45, 2.75) is 19.8 Å². The Morgan fingerprint density at radius 3 is 2.73 bits per heavy atom. The molecule has 1 fully saturated rings. The van der Waals surface area contributed by atoms with Gasteiger partial charge in [0.2, 0.25) is 5.91 Å². The Kier molecular flexibility index (Phi) is 8.70. The number of ether oxygens (including phenoxy) is 3. The van der Waals surface area contributed by atoms with Crippen LogP contribution >= 0.6 is 0 Å². The van der Waals surface area contributed by atoms with E-state index >= 15 is 0 Å². The van der Waals surface area contributed by atoms with Gasteiger partial charge in [-0.25, -0.2) is 0 Å². The molecule has 0 radical (unpaired) electrons. The van der Waals surface area contributed by atoms with Gasteiger partial charge in [-0.15, -0.1) is 0 Å². The molecule has 1 aromatic carbocycles. The van der Waals surface area contributed by atoms with E-state index in [2.05, 4.69) is 6.58 Å². The molecule has 0 saturated carbocycles. The number of methoxy groups -OCH3 is 1. The number of likely N-dealkylation sites (tertiary alicyclic amines) is 1. The second-order valence-electron chi connectivity index (χ2n) is 7.06. The fraction of sp³-hybridized carbons (Fsp3) is 0.500. The molecule has 2 amide bonds. The molecule has 1 atom stereocenters. The van der Waals surface area contributed by atoms with Crippen molar-refractivity contribution in [3.05, 3.63) is 36.4 Å². The van der Waals surface area contributed by atoms with E-state index in [-0.39, 0.29) is 30.2 Å². The minimum absolute atomic E-state index is 0.0780. The molecule has 30 heavy (non-hydrogen) atoms. The molecule has 164 valence electrons. The average molecular weight is 418 g/mol. The van der Waals surface area contributed by atoms with Crippen molar-refractivity contribution < 1.29 is 28.6 Å². The van der Waals surface area contributed by atoms with Gasteiger partial charge in [0.15, 0.2) is 11.5 Å². The number of piperidine rings is 1. The molecule has 1 aliphatic heterocycles. The SMILES string of the molecule is C=CCOc1ccc(C(=O)N(C)CC(=O)N2CCCC(C(=O)OCC)C2)cc1OC. The lowest BCUT2D eigenvalue weighted by atomic mass is 9.98. The molecule has 0 spiro atoms. The van der Waals surface area contributed by atoms with Gasteiger partial charge in [-0.05, 0) is 38.0 Å². The second-order valence-corrected chi connectivity index (χ2v) is 7.06. The zero-order valence-electron chi connectivity index (χ0n) is 17.9. The van der Waals surface area contributed by atoms with Crippen molar-refractivity contribution >= 4 is 17.8 Å². The number of rotatable bonds is 9. The Labute approximate surface area is 177 Å². The minimum Gasteiger partial charge on any atom is -0.493 e. The lowest BCUT2D eigenvalue weighted by molar-refractivity contribution is -0.151. The van der Waals surface area contributed by atoms with Gasteiger partial charge in [0.05, 0.1) is 26.2 Å². The summed E-state index contributed by atoms with van der Waals surface area (Å²) in [6.07, 6.45) is 3.05. The van der Waals surface area contributed by atoms with E-state index in [1.807, 2.05) is 0 Å². The molecule has 1 unspecified atom stereocenters. The topological polar surface area (TPSA) is 85.4 Å². The summed E-state index contributed by atoms with van der Waals surface area (Å²) in [4.78, 5) is 40.4. The van der Waals surface area contributed by atoms with Crippen LogP contribution in [0, 0.1) is 5.92 Å². The van der Waals surface area contributed by atoms with Gasteiger partial charge >= 0.3 is 5.97 Å². The highest BCUT2D eigenvalue weighted by atomic mass is 16.5. The molecular weight excluding hydrogens is 388 g/mol. The molecule has 1 aromatic rings. The molecule has 2 rings (SSSR count). The maximum Gasteiger partial charge on any atom is 0.310 e. The van der Waals surface area contributed by atoms with Crippen LogP contribution in [0.3, 0.4) is 0 Å². The van der Waals surface area contributed by atoms with Crippen molar-refractivity contribution in [1.82, 2.24) is 9.80 Å². The number of likely N-dealkylation sites (N-methyl/N-ethyl adjacent to an activating group) is 1. The highest BCUT2D eigenvalue weighted by molar-refractivity contribution is 5.97. The van der Waals surface area contributed by atoms with E-state index in [0.717, 1.165) is 6.42 Å². The van der Waals surface area contributed by atoms with Crippen LogP contribution in [-0.2, 0) is 14.3 Å². The third kappa shape index (κ3) is 5.98. The Morgan fingerprint density at radius 1 is 1.30 bits per heavy atom. The van der Waals surface area contributed by atoms with Crippen LogP contribution in [-0.4, -0.2) is 74.6 Å². The summed E-state index contributed by atoms with van der Waals surface area (Å²) in [7, 11) is 3.07. The van der Waals surface area contributed by atoms with Gasteiger partial charge in [-0.1, -0.05) is 12.7 Å². The third-order valence-electron chi connectivity index (χ3n) is 4.88. The quantitative estimate of drug-likeness (QED) is 0.451. The number of hydrogen-bond acceptors (Lipinski definition) is 6. The molecule has 1 saturated heterocycles. The molecule has 0 N–H and O–H groups in total. The third-order valence-corrected chi connectivity index (χ3v) is 4.88. The Balaban J connectivity index is 2.00. The monoisotopic (exact) mass is 418 g/mol. The minimum atomic E-state index is -0.309. The van der Waals surface area contributed by atoms with Crippen molar-refractivity contribution in [2.24, 2.45) is 5.92 Å². The zero-order valence-corrected chi connectivity index (χ0v) is 17.9. The van der Waals surface area contributed by atoms with Crippen molar-refractivity contribution in [3.63, 3.8) is 0 Å². The molecular formula is C22H30N2O6. The summed E-state index contributed by atoms with van der Waals surface area (Å²) < 4.78 is 15.9. The predicted octanol–water partition coefficient (Wildman–Crippen LogP) is 2.13. The molecule has 1 heterocycles. The van der Waals surface area contributed by atoms with E-state index in [1.165, 1.54) is 12.0 Å². The van der Waals surface area contributed by atoms with Gasteiger partial charge in [0.1, 0.15) is 6.61 Å². The van der Waals surface area contributed by atoms with Crippen LogP contribution in [0.1, 0.15) is 30.1 Å². The largest absolute Gasteiger partial charge is 0.493 e. The van der Waals surface area contributed by atoms with Gasteiger partial charge in [-0.2, -0.15) is 0 Å². The van der Waals surface area contributed by atoms with Crippen LogP contribution in [0.25, 0.3) is 0 Å². The number of carbonyl (C=O) groups is 3. The van der Waals surface area contributed by atoms with E-state index in [1.54, 1.807) is 43.1 Å². The van der Waals surface area contributed by atoms with Gasteiger partial charge in [0, 0.05) is 25.7 Å². The van der Waals surface area contributed by atoms with E-state index in [0.29, 0.717) is 49.8 Å². The summed E-state index contributed by atoms with van der Waals surface area (Å²) in [5.74, 6) is -0.156. The number of esters is 1. The van der Waals surface area contributed by atoms with E-state index in [4.69, 9.17) is 14.2 Å². The highest BCUT2D eigenvalue weighted by Gasteiger charge is 2.30. The number of nitrogens with zero attached hydrogens (tertiary/aromatic N) is 2. The fourth-order valence-electron chi connectivity index (χ4n) is 3.32. The Morgan fingerprint density at radius 2 is 2.07 bits per heavy atom. The van der Waals surface area contributed by atoms with E-state index < -0.39 is 0 Å². The summed E-state index contributed by atoms with van der Waals surface area (Å²) in [5.41, 5.74) is 0.385. The van der Waals surface area contributed by atoms with Crippen LogP contribution in [0.15, 0.2) is 30.9 Å². The van der Waals surface area contributed by atoms with Crippen molar-refractivity contribution in [3.8, 4) is 11.5 Å². The molecule has 0 aromatic heterocycles. The van der Waals surface area contributed by atoms with Gasteiger partial charge in [0.25, 0.3) is 5.91 Å². The molecule has 8 nitrogen and oxygen atoms in total. The lowest BCUT2D eigenvalue weighted by Gasteiger charge is -2.32. The van der Waals surface area contributed by atoms with Crippen LogP contribution < -0.4 is 9.47 Å². The first-order chi connectivity index (χ1) is 14.4. The number of amides is 2. The summed E-state index contributed by atoms with van der Waals surface area (Å²) >= 11 is 0. The lowest BCUT2D eigenvalue weighted by Crippen LogP contribution is -2.47. The van der Waals surface area contributed by atoms with Gasteiger partial charge in [-0.3, -0.25) is 14.4 Å². The molecule has 8 heteroatoms. The standard InChI is InChI=1S/C22H30N2O6/c1-5-12-30-18-10-9-16(13-19(18)28-4)21(26)23(3)15-20(25)24-11-7-8-17(14-24)22(27)29-6-2/h5,9-10,13,17H,1,6-8,11-12,14-15H2,2-4H3. The van der Waals surface area contributed by atoms with Crippen LogP contribution in [0.4, 0.5) is 0 Å². The highest BCUT2D eigenvalue weighted by Crippen LogP contribution is 2.28. The average Bonchev–Trinajstić information content (AvgIpc) is 2.77. The van der Waals surface area contributed by atoms with Crippen LogP contribution in [0.2, 0.25) is 0 Å². The maximum atomic E-state index is 12.8. The smallest absolute Gasteiger partial charge is 0.310 e. The van der Waals surface area contributed by atoms with Crippen LogP contribution in [0.5, 0.6) is 11.5 Å². The summed E-state index contributed by atoms with van der Waals surface area (Å²) in [6, 6.07) is 4.86. The first-order valence-electron chi connectivity index (χ1n) is 10.0. The first-order valence-corrected chi connectivity index (χ1v) is 10.0. The normalized spacial score (nSPS) is 15.8. The molecule has 0 aliphatic carbocycles. The van der Waals surface area contributed by atoms with Crippen molar-refractivity contribution in [2.75, 3.05) is 47.0 Å². The van der Waals surface area contributed by atoms with Gasteiger partial charge < -0.3 is 24.0 Å². The zero-order chi connectivity index (χ0) is 22.1. The molecule has 0 bridgehead atoms. The predicted molar refractivity (Wildman–Crippen MR) is 112 cm³/mol. The Bertz CT molecular complexity index is 779. The number of benzene rings is 1. The molecule has 1 aliphatic rings. The fourth-order valence-corrected chi connectivity index (χ4v) is 3.32. The van der Waals surface area contributed by atoms with Crippen molar-refractivity contribution in [1.29, 1.82) is 0 Å². The number of hydrogen-bond donors (Lipinski definition) is 0. The van der Waals surface area contributed by atoms with E-state index in [9.17, 15) is 14.4 Å². The first kappa shape index (κ1) is 23.3. The number of carbonyl (C=O) groups excluding carboxylic acids is 3. The maximum absolute atomic E-state index is 12.8. The summed E-state index contributed by atoms with van der Waals surface area (Å²) in [5, 5.41) is 0.